The van der Waals surface area contributed by atoms with Crippen molar-refractivity contribution in [3.8, 4) is 5.75 Å². The SMILES string of the molecule is COc1ccccc1/C=C/CN(C(=O)Nc1ccccc1Br)C(C)c1ccccc1. The van der Waals surface area contributed by atoms with E-state index in [-0.39, 0.29) is 12.1 Å². The molecule has 30 heavy (non-hydrogen) atoms. The predicted octanol–water partition coefficient (Wildman–Crippen LogP) is 6.77. The van der Waals surface area contributed by atoms with E-state index in [1.54, 1.807) is 12.0 Å². The highest BCUT2D eigenvalue weighted by molar-refractivity contribution is 9.10. The first-order chi connectivity index (χ1) is 14.6. The number of urea groups is 1. The minimum absolute atomic E-state index is 0.101. The van der Waals surface area contributed by atoms with E-state index in [0.29, 0.717) is 6.54 Å². The van der Waals surface area contributed by atoms with Gasteiger partial charge in [-0.05, 0) is 46.6 Å². The van der Waals surface area contributed by atoms with Gasteiger partial charge in [-0.15, -0.1) is 0 Å². The Morgan fingerprint density at radius 1 is 1.03 bits per heavy atom. The van der Waals surface area contributed by atoms with Gasteiger partial charge in [0.05, 0.1) is 18.8 Å². The highest BCUT2D eigenvalue weighted by atomic mass is 79.9. The lowest BCUT2D eigenvalue weighted by Crippen LogP contribution is -2.37. The van der Waals surface area contributed by atoms with Crippen LogP contribution in [0.1, 0.15) is 24.1 Å². The Morgan fingerprint density at radius 3 is 2.43 bits per heavy atom. The molecule has 3 aromatic rings. The molecule has 0 bridgehead atoms. The van der Waals surface area contributed by atoms with Gasteiger partial charge in [0.25, 0.3) is 0 Å². The summed E-state index contributed by atoms with van der Waals surface area (Å²) in [7, 11) is 1.65. The second kappa shape index (κ2) is 10.6. The van der Waals surface area contributed by atoms with Crippen molar-refractivity contribution in [2.24, 2.45) is 0 Å². The van der Waals surface area contributed by atoms with Gasteiger partial charge in [-0.3, -0.25) is 0 Å². The van der Waals surface area contributed by atoms with Crippen LogP contribution in [-0.4, -0.2) is 24.6 Å². The molecule has 0 heterocycles. The van der Waals surface area contributed by atoms with Crippen LogP contribution in [0, 0.1) is 0 Å². The Morgan fingerprint density at radius 2 is 1.70 bits per heavy atom. The number of ether oxygens (including phenoxy) is 1. The highest BCUT2D eigenvalue weighted by Crippen LogP contribution is 2.25. The topological polar surface area (TPSA) is 41.6 Å². The summed E-state index contributed by atoms with van der Waals surface area (Å²) in [5, 5.41) is 3.01. The predicted molar refractivity (Wildman–Crippen MR) is 127 cm³/mol. The van der Waals surface area contributed by atoms with Gasteiger partial charge in [0.2, 0.25) is 0 Å². The van der Waals surface area contributed by atoms with Crippen LogP contribution >= 0.6 is 15.9 Å². The summed E-state index contributed by atoms with van der Waals surface area (Å²) >= 11 is 3.49. The number of anilines is 1. The number of carbonyl (C=O) groups is 1. The summed E-state index contributed by atoms with van der Waals surface area (Å²) in [6, 6.07) is 25.2. The molecule has 0 saturated carbocycles. The van der Waals surface area contributed by atoms with Crippen molar-refractivity contribution >= 4 is 33.7 Å². The standard InChI is InChI=1S/C25H25BrN2O2/c1-19(20-11-4-3-5-12-20)28(25(29)27-23-16-8-7-15-22(23)26)18-10-14-21-13-6-9-17-24(21)30-2/h3-17,19H,18H2,1-2H3,(H,27,29)/b14-10+. The van der Waals surface area contributed by atoms with Crippen LogP contribution < -0.4 is 10.1 Å². The third-order valence-electron chi connectivity index (χ3n) is 4.86. The lowest BCUT2D eigenvalue weighted by atomic mass is 10.1. The number of nitrogens with zero attached hydrogens (tertiary/aromatic N) is 1. The molecule has 0 spiro atoms. The molecule has 0 aromatic heterocycles. The molecule has 4 nitrogen and oxygen atoms in total. The summed E-state index contributed by atoms with van der Waals surface area (Å²) in [6.45, 7) is 2.48. The lowest BCUT2D eigenvalue weighted by molar-refractivity contribution is 0.201. The van der Waals surface area contributed by atoms with Gasteiger partial charge in [-0.1, -0.05) is 72.8 Å². The van der Waals surface area contributed by atoms with Crippen LogP contribution in [0.3, 0.4) is 0 Å². The Balaban J connectivity index is 1.82. The molecule has 0 aliphatic rings. The molecule has 1 N–H and O–H groups in total. The minimum Gasteiger partial charge on any atom is -0.496 e. The first-order valence-electron chi connectivity index (χ1n) is 9.77. The van der Waals surface area contributed by atoms with Crippen molar-refractivity contribution in [3.05, 3.63) is 101 Å². The molecule has 0 radical (unpaired) electrons. The molecule has 154 valence electrons. The van der Waals surface area contributed by atoms with Crippen molar-refractivity contribution in [2.45, 2.75) is 13.0 Å². The maximum absolute atomic E-state index is 13.2. The molecule has 3 aromatic carbocycles. The smallest absolute Gasteiger partial charge is 0.322 e. The zero-order valence-electron chi connectivity index (χ0n) is 17.1. The fourth-order valence-corrected chi connectivity index (χ4v) is 3.56. The molecule has 1 unspecified atom stereocenters. The summed E-state index contributed by atoms with van der Waals surface area (Å²) in [5.41, 5.74) is 2.78. The Labute approximate surface area is 186 Å². The molecule has 0 fully saturated rings. The maximum atomic E-state index is 13.2. The van der Waals surface area contributed by atoms with Crippen molar-refractivity contribution < 1.29 is 9.53 Å². The summed E-state index contributed by atoms with van der Waals surface area (Å²) in [4.78, 5) is 15.0. The Kier molecular flexibility index (Phi) is 7.69. The first-order valence-corrected chi connectivity index (χ1v) is 10.6. The zero-order chi connectivity index (χ0) is 21.3. The van der Waals surface area contributed by atoms with E-state index in [9.17, 15) is 4.79 Å². The van der Waals surface area contributed by atoms with Gasteiger partial charge >= 0.3 is 6.03 Å². The van der Waals surface area contributed by atoms with Gasteiger partial charge in [0.15, 0.2) is 0 Å². The van der Waals surface area contributed by atoms with Gasteiger partial charge in [0.1, 0.15) is 5.75 Å². The van der Waals surface area contributed by atoms with Gasteiger partial charge in [-0.25, -0.2) is 4.79 Å². The molecule has 0 saturated heterocycles. The summed E-state index contributed by atoms with van der Waals surface area (Å²) in [5.74, 6) is 0.800. The quantitative estimate of drug-likeness (QED) is 0.419. The number of halogens is 1. The van der Waals surface area contributed by atoms with Crippen LogP contribution in [0.15, 0.2) is 89.4 Å². The van der Waals surface area contributed by atoms with E-state index in [0.717, 1.165) is 27.0 Å². The number of methoxy groups -OCH3 is 1. The lowest BCUT2D eigenvalue weighted by Gasteiger charge is -2.29. The Bertz CT molecular complexity index is 1000. The third-order valence-corrected chi connectivity index (χ3v) is 5.56. The van der Waals surface area contributed by atoms with Crippen LogP contribution in [-0.2, 0) is 0 Å². The molecule has 5 heteroatoms. The number of benzene rings is 3. The van der Waals surface area contributed by atoms with Crippen molar-refractivity contribution in [1.82, 2.24) is 4.90 Å². The van der Waals surface area contributed by atoms with Crippen LogP contribution in [0.4, 0.5) is 10.5 Å². The van der Waals surface area contributed by atoms with Gasteiger partial charge in [0, 0.05) is 16.6 Å². The monoisotopic (exact) mass is 464 g/mol. The van der Waals surface area contributed by atoms with Crippen molar-refractivity contribution in [2.75, 3.05) is 19.0 Å². The van der Waals surface area contributed by atoms with Crippen LogP contribution in [0.25, 0.3) is 6.08 Å². The minimum atomic E-state index is -0.164. The number of rotatable bonds is 7. The number of carbonyl (C=O) groups excluding carboxylic acids is 1. The highest BCUT2D eigenvalue weighted by Gasteiger charge is 2.21. The second-order valence-corrected chi connectivity index (χ2v) is 7.65. The zero-order valence-corrected chi connectivity index (χ0v) is 18.7. The molecule has 0 aliphatic heterocycles. The average molecular weight is 465 g/mol. The molecule has 2 amide bonds. The van der Waals surface area contributed by atoms with E-state index >= 15 is 0 Å². The van der Waals surface area contributed by atoms with Gasteiger partial charge in [-0.2, -0.15) is 0 Å². The molecular formula is C25H25BrN2O2. The van der Waals surface area contributed by atoms with E-state index in [2.05, 4.69) is 21.2 Å². The van der Waals surface area contributed by atoms with Gasteiger partial charge < -0.3 is 15.0 Å². The maximum Gasteiger partial charge on any atom is 0.322 e. The number of amides is 2. The third kappa shape index (κ3) is 5.51. The van der Waals surface area contributed by atoms with E-state index in [1.807, 2.05) is 97.9 Å². The molecule has 0 aliphatic carbocycles. The molecular weight excluding hydrogens is 440 g/mol. The number of para-hydroxylation sites is 2. The summed E-state index contributed by atoms with van der Waals surface area (Å²) in [6.07, 6.45) is 3.96. The fourth-order valence-electron chi connectivity index (χ4n) is 3.18. The number of nitrogens with one attached hydrogen (secondary N) is 1. The van der Waals surface area contributed by atoms with E-state index in [1.165, 1.54) is 0 Å². The average Bonchev–Trinajstić information content (AvgIpc) is 2.78. The molecule has 3 rings (SSSR count). The first kappa shape index (κ1) is 21.7. The Hall–Kier alpha value is -3.05. The van der Waals surface area contributed by atoms with E-state index in [4.69, 9.17) is 4.74 Å². The second-order valence-electron chi connectivity index (χ2n) is 6.79. The fraction of sp³-hybridized carbons (Fsp3) is 0.160. The van der Waals surface area contributed by atoms with Crippen molar-refractivity contribution in [3.63, 3.8) is 0 Å². The van der Waals surface area contributed by atoms with Crippen molar-refractivity contribution in [1.29, 1.82) is 0 Å². The van der Waals surface area contributed by atoms with Crippen LogP contribution in [0.2, 0.25) is 0 Å². The normalized spacial score (nSPS) is 11.8. The van der Waals surface area contributed by atoms with E-state index < -0.39 is 0 Å². The van der Waals surface area contributed by atoms with Crippen LogP contribution in [0.5, 0.6) is 5.75 Å². The summed E-state index contributed by atoms with van der Waals surface area (Å²) < 4.78 is 6.25. The largest absolute Gasteiger partial charge is 0.496 e. The number of hydrogen-bond donors (Lipinski definition) is 1. The molecule has 1 atom stereocenters. The number of hydrogen-bond acceptors (Lipinski definition) is 2.